The molecule has 0 unspecified atom stereocenters. The minimum atomic E-state index is -0.905. The van der Waals surface area contributed by atoms with Gasteiger partial charge in [0.05, 0.1) is 26.2 Å². The van der Waals surface area contributed by atoms with Gasteiger partial charge >= 0.3 is 0 Å². The number of benzene rings is 4. The van der Waals surface area contributed by atoms with Gasteiger partial charge in [-0.05, 0) is 40.5 Å². The average Bonchev–Trinajstić information content (AvgIpc) is 3.22. The number of halogens is 3. The Kier molecular flexibility index (Phi) is 5.19. The lowest BCUT2D eigenvalue weighted by Crippen LogP contribution is -2.56. The van der Waals surface area contributed by atoms with Crippen LogP contribution in [0, 0.1) is 11.8 Å². The Morgan fingerprint density at radius 3 is 1.61 bits per heavy atom. The molecule has 1 saturated heterocycles. The van der Waals surface area contributed by atoms with Crippen molar-refractivity contribution in [2.75, 3.05) is 4.90 Å². The molecule has 186 valence electrons. The fraction of sp³-hybridized carbons (Fsp3) is 0.129. The van der Waals surface area contributed by atoms with Gasteiger partial charge in [-0.1, -0.05) is 122 Å². The van der Waals surface area contributed by atoms with Crippen molar-refractivity contribution >= 4 is 66.7 Å². The quantitative estimate of drug-likeness (QED) is 0.137. The number of carbonyl (C=O) groups is 3. The molecule has 0 N–H and O–H groups in total. The first kappa shape index (κ1) is 24.0. The highest BCUT2D eigenvalue weighted by Crippen LogP contribution is 2.70. The molecule has 8 rings (SSSR count). The van der Waals surface area contributed by atoms with Crippen molar-refractivity contribution in [1.82, 2.24) is 0 Å². The summed E-state index contributed by atoms with van der Waals surface area (Å²) in [5.41, 5.74) is 4.72. The predicted molar refractivity (Wildman–Crippen MR) is 153 cm³/mol. The lowest BCUT2D eigenvalue weighted by atomic mass is 9.54. The molecule has 0 spiro atoms. The van der Waals surface area contributed by atoms with Crippen molar-refractivity contribution < 1.29 is 14.4 Å². The second kappa shape index (κ2) is 8.22. The Bertz CT molecular complexity index is 1580. The summed E-state index contributed by atoms with van der Waals surface area (Å²) in [5, 5.41) is 0.346. The number of hydrogen-bond acceptors (Lipinski definition) is 3. The highest BCUT2D eigenvalue weighted by molar-refractivity contribution is 9.10. The van der Waals surface area contributed by atoms with Gasteiger partial charge in [0.2, 0.25) is 11.8 Å². The average molecular weight is 648 g/mol. The van der Waals surface area contributed by atoms with Gasteiger partial charge in [0.1, 0.15) is 0 Å². The van der Waals surface area contributed by atoms with Gasteiger partial charge in [0.25, 0.3) is 0 Å². The summed E-state index contributed by atoms with van der Waals surface area (Å²) in [4.78, 5) is 43.6. The van der Waals surface area contributed by atoms with Crippen LogP contribution >= 0.6 is 43.5 Å². The molecule has 1 heterocycles. The molecule has 2 bridgehead atoms. The molecule has 2 atom stereocenters. The third kappa shape index (κ3) is 2.88. The van der Waals surface area contributed by atoms with Gasteiger partial charge in [-0.25, -0.2) is 4.90 Å². The molecule has 1 aliphatic heterocycles. The van der Waals surface area contributed by atoms with E-state index in [4.69, 9.17) is 11.6 Å². The van der Waals surface area contributed by atoms with Crippen LogP contribution in [0.15, 0.2) is 97.1 Å². The lowest BCUT2D eigenvalue weighted by Gasteiger charge is -2.55. The maximum Gasteiger partial charge on any atom is 0.239 e. The van der Waals surface area contributed by atoms with Gasteiger partial charge in [-0.3, -0.25) is 14.4 Å². The number of hydrogen-bond donors (Lipinski definition) is 0. The van der Waals surface area contributed by atoms with Gasteiger partial charge in [0, 0.05) is 16.1 Å². The number of anilines is 1. The molecule has 2 amide bonds. The largest absolute Gasteiger partial charge is 0.289 e. The molecule has 4 aliphatic rings. The summed E-state index contributed by atoms with van der Waals surface area (Å²) < 4.78 is -1.81. The summed E-state index contributed by atoms with van der Waals surface area (Å²) in [6, 6.07) is 29.3. The molecule has 3 aliphatic carbocycles. The number of nitrogens with zero attached hydrogens (tertiary/aromatic N) is 1. The third-order valence-corrected chi connectivity index (χ3v) is 11.0. The van der Waals surface area contributed by atoms with E-state index in [9.17, 15) is 14.4 Å². The first-order valence-electron chi connectivity index (χ1n) is 12.1. The summed E-state index contributed by atoms with van der Waals surface area (Å²) in [5.74, 6) is -2.47. The molecule has 38 heavy (non-hydrogen) atoms. The molecule has 0 radical (unpaired) electrons. The molecule has 1 fully saturated rings. The van der Waals surface area contributed by atoms with Crippen molar-refractivity contribution in [3.8, 4) is 0 Å². The van der Waals surface area contributed by atoms with Crippen LogP contribution in [0.2, 0.25) is 5.02 Å². The third-order valence-electron chi connectivity index (χ3n) is 8.07. The number of amides is 2. The first-order valence-corrected chi connectivity index (χ1v) is 14.1. The predicted octanol–water partition coefficient (Wildman–Crippen LogP) is 6.98. The molecule has 0 aromatic heterocycles. The van der Waals surface area contributed by atoms with Crippen LogP contribution in [0.3, 0.4) is 0 Å². The Morgan fingerprint density at radius 2 is 1.13 bits per heavy atom. The molecule has 4 aromatic rings. The highest BCUT2D eigenvalue weighted by Gasteiger charge is 2.72. The Hall–Kier alpha value is -3.06. The Labute approximate surface area is 240 Å². The molecule has 4 aromatic carbocycles. The van der Waals surface area contributed by atoms with Crippen LogP contribution in [-0.4, -0.2) is 17.6 Å². The Morgan fingerprint density at radius 1 is 0.684 bits per heavy atom. The summed E-state index contributed by atoms with van der Waals surface area (Å²) in [7, 11) is 0. The smallest absolute Gasteiger partial charge is 0.239 e. The monoisotopic (exact) mass is 645 g/mol. The number of alkyl halides is 2. The number of carbonyl (C=O) groups excluding carboxylic acids is 3. The first-order chi connectivity index (χ1) is 18.3. The van der Waals surface area contributed by atoms with E-state index >= 15 is 0 Å². The van der Waals surface area contributed by atoms with Gasteiger partial charge in [-0.15, -0.1) is 0 Å². The van der Waals surface area contributed by atoms with Crippen LogP contribution in [0.1, 0.15) is 38.2 Å². The molecule has 7 heteroatoms. The van der Waals surface area contributed by atoms with E-state index < -0.39 is 20.5 Å². The molecular weight excluding hydrogens is 630 g/mol. The van der Waals surface area contributed by atoms with E-state index in [2.05, 4.69) is 31.9 Å². The van der Waals surface area contributed by atoms with Crippen molar-refractivity contribution in [3.05, 3.63) is 135 Å². The number of rotatable bonds is 3. The second-order valence-electron chi connectivity index (χ2n) is 9.84. The van der Waals surface area contributed by atoms with E-state index in [0.717, 1.165) is 22.3 Å². The van der Waals surface area contributed by atoms with E-state index in [0.29, 0.717) is 10.6 Å². The van der Waals surface area contributed by atoms with Crippen LogP contribution in [0.25, 0.3) is 0 Å². The number of ketones is 1. The van der Waals surface area contributed by atoms with Gasteiger partial charge in [-0.2, -0.15) is 0 Å². The van der Waals surface area contributed by atoms with E-state index in [1.165, 1.54) is 11.0 Å². The van der Waals surface area contributed by atoms with E-state index in [1.807, 2.05) is 54.6 Å². The normalized spacial score (nSPS) is 26.7. The van der Waals surface area contributed by atoms with Crippen LogP contribution in [0.4, 0.5) is 5.69 Å². The Balaban J connectivity index is 1.45. The van der Waals surface area contributed by atoms with Crippen molar-refractivity contribution in [2.24, 2.45) is 11.8 Å². The van der Waals surface area contributed by atoms with Crippen molar-refractivity contribution in [1.29, 1.82) is 0 Å². The lowest BCUT2D eigenvalue weighted by molar-refractivity contribution is -0.122. The zero-order valence-electron chi connectivity index (χ0n) is 19.7. The molecule has 4 nitrogen and oxygen atoms in total. The zero-order valence-corrected chi connectivity index (χ0v) is 23.6. The summed E-state index contributed by atoms with van der Waals surface area (Å²) in [6.07, 6.45) is 0. The fourth-order valence-electron chi connectivity index (χ4n) is 6.53. The fourth-order valence-corrected chi connectivity index (χ4v) is 9.01. The van der Waals surface area contributed by atoms with Crippen molar-refractivity contribution in [2.45, 2.75) is 8.65 Å². The standard InChI is InChI=1S/C31H18Br2ClNO3/c32-30-20-10-4-5-11-21(20)31(33,23-13-7-6-12-22(23)30)26-25(30)28(37)35(29(26)38)24-15-14-18(34)16-19(24)27(36)17-8-2-1-3-9-17/h1-16,25-26H/t25-,26+,30?,31?. The van der Waals surface area contributed by atoms with Gasteiger partial charge in [0.15, 0.2) is 5.78 Å². The maximum absolute atomic E-state index is 14.4. The minimum absolute atomic E-state index is 0.207. The van der Waals surface area contributed by atoms with Gasteiger partial charge < -0.3 is 0 Å². The summed E-state index contributed by atoms with van der Waals surface area (Å²) in [6.45, 7) is 0. The van der Waals surface area contributed by atoms with Crippen LogP contribution in [-0.2, 0) is 18.2 Å². The SMILES string of the molecule is O=C(c1ccccc1)c1cc(Cl)ccc1N1C(=O)[C@@H]2[C@H](C1=O)C1(Br)c3ccccc3C2(Br)c2ccccc21. The maximum atomic E-state index is 14.4. The minimum Gasteiger partial charge on any atom is -0.289 e. The van der Waals surface area contributed by atoms with Crippen LogP contribution in [0.5, 0.6) is 0 Å². The highest BCUT2D eigenvalue weighted by atomic mass is 79.9. The number of imide groups is 1. The second-order valence-corrected chi connectivity index (χ2v) is 12.8. The zero-order chi connectivity index (χ0) is 26.4. The van der Waals surface area contributed by atoms with E-state index in [-0.39, 0.29) is 28.8 Å². The summed E-state index contributed by atoms with van der Waals surface area (Å²) >= 11 is 14.3. The molecule has 0 saturated carbocycles. The van der Waals surface area contributed by atoms with Crippen molar-refractivity contribution in [3.63, 3.8) is 0 Å². The molecular formula is C31H18Br2ClNO3. The topological polar surface area (TPSA) is 54.5 Å². The van der Waals surface area contributed by atoms with E-state index in [1.54, 1.807) is 36.4 Å². The van der Waals surface area contributed by atoms with Crippen LogP contribution < -0.4 is 4.90 Å².